The zero-order valence-electron chi connectivity index (χ0n) is 9.45. The fourth-order valence-corrected chi connectivity index (χ4v) is 2.24. The van der Waals surface area contributed by atoms with Gasteiger partial charge in [-0.3, -0.25) is 0 Å². The lowest BCUT2D eigenvalue weighted by molar-refractivity contribution is 0.372. The molecular weight excluding hydrogens is 198 g/mol. The van der Waals surface area contributed by atoms with Gasteiger partial charge in [0.05, 0.1) is 0 Å². The molecule has 84 valence electrons. The van der Waals surface area contributed by atoms with Crippen LogP contribution in [-0.2, 0) is 6.54 Å². The van der Waals surface area contributed by atoms with Crippen molar-refractivity contribution in [1.29, 1.82) is 5.26 Å². The maximum atomic E-state index is 8.92. The van der Waals surface area contributed by atoms with Crippen molar-refractivity contribution in [1.82, 2.24) is 10.3 Å². The van der Waals surface area contributed by atoms with E-state index in [9.17, 15) is 0 Å². The fraction of sp³-hybridized carbons (Fsp3) is 0.538. The predicted octanol–water partition coefficient (Wildman–Crippen LogP) is 2.38. The molecule has 1 aromatic heterocycles. The summed E-state index contributed by atoms with van der Waals surface area (Å²) in [7, 11) is 0. The van der Waals surface area contributed by atoms with Gasteiger partial charge < -0.3 is 5.32 Å². The van der Waals surface area contributed by atoms with Gasteiger partial charge in [-0.25, -0.2) is 4.98 Å². The van der Waals surface area contributed by atoms with Crippen molar-refractivity contribution >= 4 is 0 Å². The van der Waals surface area contributed by atoms with Crippen LogP contribution in [0.3, 0.4) is 0 Å². The predicted molar refractivity (Wildman–Crippen MR) is 62.7 cm³/mol. The third-order valence-electron chi connectivity index (χ3n) is 3.18. The Bertz CT molecular complexity index is 375. The van der Waals surface area contributed by atoms with E-state index in [4.69, 9.17) is 5.26 Å². The van der Waals surface area contributed by atoms with E-state index in [1.54, 1.807) is 6.20 Å². The van der Waals surface area contributed by atoms with Crippen molar-refractivity contribution in [2.75, 3.05) is 0 Å². The van der Waals surface area contributed by atoms with Gasteiger partial charge in [0.2, 0.25) is 0 Å². The molecule has 0 spiro atoms. The van der Waals surface area contributed by atoms with Crippen molar-refractivity contribution in [2.45, 2.75) is 44.7 Å². The summed E-state index contributed by atoms with van der Waals surface area (Å²) in [5, 5.41) is 12.4. The quantitative estimate of drug-likeness (QED) is 0.842. The molecule has 1 heterocycles. The highest BCUT2D eigenvalue weighted by atomic mass is 14.9. The topological polar surface area (TPSA) is 48.7 Å². The summed E-state index contributed by atoms with van der Waals surface area (Å²) in [5.41, 5.74) is 1.56. The van der Waals surface area contributed by atoms with Crippen molar-refractivity contribution in [3.8, 4) is 6.07 Å². The summed E-state index contributed by atoms with van der Waals surface area (Å²) < 4.78 is 0. The molecule has 0 atom stereocenters. The summed E-state index contributed by atoms with van der Waals surface area (Å²) in [6.45, 7) is 0.765. The Balaban J connectivity index is 1.91. The van der Waals surface area contributed by atoms with Crippen molar-refractivity contribution < 1.29 is 0 Å². The van der Waals surface area contributed by atoms with Crippen LogP contribution in [0.15, 0.2) is 18.3 Å². The van der Waals surface area contributed by atoms with Gasteiger partial charge in [-0.1, -0.05) is 25.3 Å². The Hall–Kier alpha value is -1.40. The lowest BCUT2D eigenvalue weighted by atomic mass is 9.95. The molecule has 0 amide bonds. The van der Waals surface area contributed by atoms with E-state index >= 15 is 0 Å². The molecule has 0 saturated heterocycles. The first-order chi connectivity index (χ1) is 7.90. The van der Waals surface area contributed by atoms with Crippen LogP contribution >= 0.6 is 0 Å². The number of pyridine rings is 1. The maximum Gasteiger partial charge on any atom is 0.144 e. The van der Waals surface area contributed by atoms with Gasteiger partial charge in [-0.05, 0) is 18.9 Å². The Morgan fingerprint density at radius 3 is 2.94 bits per heavy atom. The Kier molecular flexibility index (Phi) is 3.90. The van der Waals surface area contributed by atoms with Crippen LogP contribution < -0.4 is 5.32 Å². The average Bonchev–Trinajstić information content (AvgIpc) is 2.38. The molecule has 1 aliphatic carbocycles. The molecule has 3 nitrogen and oxygen atoms in total. The molecule has 1 fully saturated rings. The molecule has 0 bridgehead atoms. The Labute approximate surface area is 96.5 Å². The number of nitrogens with zero attached hydrogens (tertiary/aromatic N) is 2. The third kappa shape index (κ3) is 2.80. The van der Waals surface area contributed by atoms with E-state index in [0.29, 0.717) is 11.7 Å². The highest BCUT2D eigenvalue weighted by molar-refractivity contribution is 5.30. The van der Waals surface area contributed by atoms with Gasteiger partial charge in [-0.15, -0.1) is 0 Å². The Morgan fingerprint density at radius 1 is 1.38 bits per heavy atom. The summed E-state index contributed by atoms with van der Waals surface area (Å²) in [4.78, 5) is 4.06. The minimum atomic E-state index is 0.547. The zero-order valence-corrected chi connectivity index (χ0v) is 9.45. The monoisotopic (exact) mass is 215 g/mol. The van der Waals surface area contributed by atoms with Crippen molar-refractivity contribution in [2.24, 2.45) is 0 Å². The molecule has 2 rings (SSSR count). The number of nitrogens with one attached hydrogen (secondary N) is 1. The van der Waals surface area contributed by atoms with Gasteiger partial charge in [0.1, 0.15) is 11.8 Å². The van der Waals surface area contributed by atoms with Crippen molar-refractivity contribution in [3.05, 3.63) is 29.6 Å². The van der Waals surface area contributed by atoms with Gasteiger partial charge in [-0.2, -0.15) is 5.26 Å². The van der Waals surface area contributed by atoms with Crippen LogP contribution in [-0.4, -0.2) is 11.0 Å². The smallest absolute Gasteiger partial charge is 0.144 e. The largest absolute Gasteiger partial charge is 0.310 e. The lowest BCUT2D eigenvalue weighted by Gasteiger charge is -2.22. The third-order valence-corrected chi connectivity index (χ3v) is 3.18. The normalized spacial score (nSPS) is 16.9. The molecule has 1 saturated carbocycles. The van der Waals surface area contributed by atoms with E-state index in [1.807, 2.05) is 12.1 Å². The molecule has 0 unspecified atom stereocenters. The maximum absolute atomic E-state index is 8.92. The van der Waals surface area contributed by atoms with Crippen LogP contribution in [0.25, 0.3) is 0 Å². The van der Waals surface area contributed by atoms with Crippen LogP contribution in [0, 0.1) is 11.3 Å². The van der Waals surface area contributed by atoms with Crippen LogP contribution in [0.2, 0.25) is 0 Å². The van der Waals surface area contributed by atoms with Gasteiger partial charge >= 0.3 is 0 Å². The molecular formula is C13H17N3. The highest BCUT2D eigenvalue weighted by Crippen LogP contribution is 2.18. The van der Waals surface area contributed by atoms with E-state index < -0.39 is 0 Å². The molecule has 1 aromatic rings. The van der Waals surface area contributed by atoms with Gasteiger partial charge in [0, 0.05) is 24.3 Å². The van der Waals surface area contributed by atoms with E-state index in [2.05, 4.69) is 16.4 Å². The number of rotatable bonds is 3. The first kappa shape index (κ1) is 11.1. The van der Waals surface area contributed by atoms with E-state index in [-0.39, 0.29) is 0 Å². The fourth-order valence-electron chi connectivity index (χ4n) is 2.24. The van der Waals surface area contributed by atoms with Crippen LogP contribution in [0.5, 0.6) is 0 Å². The first-order valence-electron chi connectivity index (χ1n) is 5.97. The SMILES string of the molecule is N#Cc1ncccc1CNC1CCCCC1. The van der Waals surface area contributed by atoms with E-state index in [1.165, 1.54) is 32.1 Å². The van der Waals surface area contributed by atoms with Gasteiger partial charge in [0.15, 0.2) is 0 Å². The molecule has 0 radical (unpaired) electrons. The van der Waals surface area contributed by atoms with E-state index in [0.717, 1.165) is 12.1 Å². The van der Waals surface area contributed by atoms with Crippen LogP contribution in [0.4, 0.5) is 0 Å². The first-order valence-corrected chi connectivity index (χ1v) is 5.97. The number of aromatic nitrogens is 1. The molecule has 16 heavy (non-hydrogen) atoms. The number of hydrogen-bond acceptors (Lipinski definition) is 3. The van der Waals surface area contributed by atoms with Crippen molar-refractivity contribution in [3.63, 3.8) is 0 Å². The second-order valence-electron chi connectivity index (χ2n) is 4.34. The minimum absolute atomic E-state index is 0.547. The summed E-state index contributed by atoms with van der Waals surface area (Å²) in [6, 6.07) is 6.62. The average molecular weight is 215 g/mol. The number of nitriles is 1. The summed E-state index contributed by atoms with van der Waals surface area (Å²) in [5.74, 6) is 0. The highest BCUT2D eigenvalue weighted by Gasteiger charge is 2.13. The van der Waals surface area contributed by atoms with Gasteiger partial charge in [0.25, 0.3) is 0 Å². The lowest BCUT2D eigenvalue weighted by Crippen LogP contribution is -2.30. The second-order valence-corrected chi connectivity index (χ2v) is 4.34. The van der Waals surface area contributed by atoms with Crippen LogP contribution in [0.1, 0.15) is 43.4 Å². The summed E-state index contributed by atoms with van der Waals surface area (Å²) >= 11 is 0. The molecule has 3 heteroatoms. The molecule has 1 N–H and O–H groups in total. The summed E-state index contributed by atoms with van der Waals surface area (Å²) in [6.07, 6.45) is 8.23. The molecule has 0 aromatic carbocycles. The Morgan fingerprint density at radius 2 is 2.19 bits per heavy atom. The molecule has 1 aliphatic rings. The molecule has 0 aliphatic heterocycles. The standard InChI is InChI=1S/C13H17N3/c14-9-13-11(5-4-8-15-13)10-16-12-6-2-1-3-7-12/h4-5,8,12,16H,1-3,6-7,10H2. The number of hydrogen-bond donors (Lipinski definition) is 1. The zero-order chi connectivity index (χ0) is 11.2. The minimum Gasteiger partial charge on any atom is -0.310 e. The second kappa shape index (κ2) is 5.62.